The summed E-state index contributed by atoms with van der Waals surface area (Å²) in [6, 6.07) is 19.0. The maximum atomic E-state index is 7.04. The lowest BCUT2D eigenvalue weighted by Gasteiger charge is -2.43. The van der Waals surface area contributed by atoms with Crippen LogP contribution in [0.25, 0.3) is 10.9 Å². The molecular weight excluding hydrogens is 322 g/mol. The number of nitrogens with one attached hydrogen (secondary N) is 1. The van der Waals surface area contributed by atoms with E-state index in [1.165, 1.54) is 22.9 Å². The van der Waals surface area contributed by atoms with E-state index in [1.54, 1.807) is 7.11 Å². The van der Waals surface area contributed by atoms with Crippen molar-refractivity contribution >= 4 is 10.9 Å². The Kier molecular flexibility index (Phi) is 4.70. The van der Waals surface area contributed by atoms with Crippen LogP contribution in [-0.2, 0) is 12.2 Å². The number of ether oxygens (including phenoxy) is 1. The van der Waals surface area contributed by atoms with Gasteiger partial charge in [0.1, 0.15) is 11.4 Å². The van der Waals surface area contributed by atoms with Crippen molar-refractivity contribution in [2.75, 3.05) is 7.11 Å². The molecule has 2 unspecified atom stereocenters. The van der Waals surface area contributed by atoms with Gasteiger partial charge < -0.3 is 20.4 Å². The number of methoxy groups -OCH3 is 1. The number of hydrogen-bond donors (Lipinski definition) is 2. The Balaban J connectivity index is 1.62. The normalized spacial score (nSPS) is 23.2. The molecule has 2 aromatic carbocycles. The fourth-order valence-corrected chi connectivity index (χ4v) is 4.28. The van der Waals surface area contributed by atoms with E-state index < -0.39 is 5.66 Å². The first-order valence-corrected chi connectivity index (χ1v) is 9.43. The van der Waals surface area contributed by atoms with Gasteiger partial charge in [-0.25, -0.2) is 0 Å². The molecule has 1 fully saturated rings. The molecule has 1 aliphatic carbocycles. The molecule has 2 atom stereocenters. The second-order valence-corrected chi connectivity index (χ2v) is 7.23. The smallest absolute Gasteiger partial charge is 0.123 e. The van der Waals surface area contributed by atoms with Gasteiger partial charge in [0, 0.05) is 29.9 Å². The summed E-state index contributed by atoms with van der Waals surface area (Å²) in [6.07, 6.45) is 6.58. The molecule has 0 amide bonds. The Morgan fingerprint density at radius 1 is 1.12 bits per heavy atom. The van der Waals surface area contributed by atoms with Crippen LogP contribution in [0.4, 0.5) is 0 Å². The van der Waals surface area contributed by atoms with Crippen LogP contribution in [0, 0.1) is 0 Å². The molecule has 0 spiro atoms. The van der Waals surface area contributed by atoms with Crippen LogP contribution in [-0.4, -0.2) is 17.7 Å². The second kappa shape index (κ2) is 7.14. The fraction of sp³-hybridized carbons (Fsp3) is 0.364. The van der Waals surface area contributed by atoms with Crippen LogP contribution < -0.4 is 15.8 Å². The summed E-state index contributed by atoms with van der Waals surface area (Å²) >= 11 is 0. The average molecular weight is 349 g/mol. The molecule has 0 saturated heterocycles. The van der Waals surface area contributed by atoms with Gasteiger partial charge in [-0.1, -0.05) is 42.8 Å². The number of benzene rings is 2. The SMILES string of the molecule is COc1ccccc1CNC1CCCCC1(N)n1ccc2ccccc21. The summed E-state index contributed by atoms with van der Waals surface area (Å²) in [5.41, 5.74) is 9.00. The van der Waals surface area contributed by atoms with Gasteiger partial charge in [0.15, 0.2) is 0 Å². The minimum Gasteiger partial charge on any atom is -0.496 e. The molecule has 0 aliphatic heterocycles. The number of hydrogen-bond acceptors (Lipinski definition) is 3. The van der Waals surface area contributed by atoms with E-state index in [2.05, 4.69) is 58.5 Å². The zero-order valence-electron chi connectivity index (χ0n) is 15.3. The monoisotopic (exact) mass is 349 g/mol. The Bertz CT molecular complexity index is 888. The topological polar surface area (TPSA) is 52.2 Å². The number of nitrogens with two attached hydrogens (primary N) is 1. The molecule has 1 aromatic heterocycles. The molecule has 4 heteroatoms. The van der Waals surface area contributed by atoms with E-state index in [-0.39, 0.29) is 6.04 Å². The average Bonchev–Trinajstić information content (AvgIpc) is 3.12. The van der Waals surface area contributed by atoms with Gasteiger partial charge >= 0.3 is 0 Å². The lowest BCUT2D eigenvalue weighted by Crippen LogP contribution is -2.59. The predicted octanol–water partition coefficient (Wildman–Crippen LogP) is 3.99. The van der Waals surface area contributed by atoms with Crippen LogP contribution in [0.5, 0.6) is 5.75 Å². The minimum absolute atomic E-state index is 0.219. The third-order valence-electron chi connectivity index (χ3n) is 5.70. The van der Waals surface area contributed by atoms with Gasteiger partial charge in [-0.2, -0.15) is 0 Å². The highest BCUT2D eigenvalue weighted by Gasteiger charge is 2.39. The van der Waals surface area contributed by atoms with E-state index in [0.717, 1.165) is 31.6 Å². The molecule has 0 radical (unpaired) electrons. The van der Waals surface area contributed by atoms with Crippen molar-refractivity contribution in [2.24, 2.45) is 5.73 Å². The third-order valence-corrected chi connectivity index (χ3v) is 5.70. The Labute approximate surface area is 155 Å². The van der Waals surface area contributed by atoms with Crippen molar-refractivity contribution in [3.63, 3.8) is 0 Å². The summed E-state index contributed by atoms with van der Waals surface area (Å²) in [4.78, 5) is 0. The first-order chi connectivity index (χ1) is 12.7. The molecular formula is C22H27N3O. The number of rotatable bonds is 5. The summed E-state index contributed by atoms with van der Waals surface area (Å²) in [6.45, 7) is 0.757. The Morgan fingerprint density at radius 2 is 1.92 bits per heavy atom. The van der Waals surface area contributed by atoms with E-state index >= 15 is 0 Å². The third kappa shape index (κ3) is 3.00. The van der Waals surface area contributed by atoms with Crippen molar-refractivity contribution in [3.05, 3.63) is 66.4 Å². The number of aromatic nitrogens is 1. The highest BCUT2D eigenvalue weighted by atomic mass is 16.5. The molecule has 1 aliphatic rings. The first kappa shape index (κ1) is 17.1. The van der Waals surface area contributed by atoms with Crippen molar-refractivity contribution < 1.29 is 4.74 Å². The Hall–Kier alpha value is -2.30. The number of fused-ring (bicyclic) bond motifs is 1. The standard InChI is InChI=1S/C22H27N3O/c1-26-20-11-5-3-9-18(20)16-24-21-12-6-7-14-22(21,23)25-15-13-17-8-2-4-10-19(17)25/h2-5,8-11,13,15,21,24H,6-7,12,14,16,23H2,1H3. The predicted molar refractivity (Wildman–Crippen MR) is 106 cm³/mol. The molecule has 4 rings (SSSR count). The lowest BCUT2D eigenvalue weighted by molar-refractivity contribution is 0.142. The van der Waals surface area contributed by atoms with E-state index in [4.69, 9.17) is 10.5 Å². The fourth-order valence-electron chi connectivity index (χ4n) is 4.28. The molecule has 1 saturated carbocycles. The van der Waals surface area contributed by atoms with Gasteiger partial charge in [0.05, 0.1) is 7.11 Å². The first-order valence-electron chi connectivity index (χ1n) is 9.43. The quantitative estimate of drug-likeness (QED) is 0.732. The van der Waals surface area contributed by atoms with Crippen molar-refractivity contribution in [1.82, 2.24) is 9.88 Å². The van der Waals surface area contributed by atoms with Gasteiger partial charge in [-0.15, -0.1) is 0 Å². The highest BCUT2D eigenvalue weighted by Crippen LogP contribution is 2.34. The molecule has 26 heavy (non-hydrogen) atoms. The van der Waals surface area contributed by atoms with Gasteiger partial charge in [0.2, 0.25) is 0 Å². The largest absolute Gasteiger partial charge is 0.496 e. The van der Waals surface area contributed by atoms with Crippen LogP contribution in [0.15, 0.2) is 60.8 Å². The van der Waals surface area contributed by atoms with Crippen molar-refractivity contribution in [2.45, 2.75) is 43.9 Å². The lowest BCUT2D eigenvalue weighted by atomic mass is 9.84. The van der Waals surface area contributed by atoms with Crippen LogP contribution in [0.1, 0.15) is 31.2 Å². The molecule has 1 heterocycles. The van der Waals surface area contributed by atoms with E-state index in [9.17, 15) is 0 Å². The van der Waals surface area contributed by atoms with Crippen molar-refractivity contribution in [1.29, 1.82) is 0 Å². The number of para-hydroxylation sites is 2. The van der Waals surface area contributed by atoms with Crippen molar-refractivity contribution in [3.8, 4) is 5.75 Å². The minimum atomic E-state index is -0.413. The summed E-state index contributed by atoms with van der Waals surface area (Å²) in [5, 5.41) is 4.97. The molecule has 136 valence electrons. The molecule has 3 aromatic rings. The van der Waals surface area contributed by atoms with E-state index in [0.29, 0.717) is 0 Å². The van der Waals surface area contributed by atoms with Crippen LogP contribution >= 0.6 is 0 Å². The zero-order chi connectivity index (χ0) is 18.0. The summed E-state index contributed by atoms with van der Waals surface area (Å²) in [5.74, 6) is 0.921. The maximum Gasteiger partial charge on any atom is 0.123 e. The van der Waals surface area contributed by atoms with Crippen LogP contribution in [0.3, 0.4) is 0 Å². The molecule has 0 bridgehead atoms. The van der Waals surface area contributed by atoms with Gasteiger partial charge in [-0.3, -0.25) is 0 Å². The summed E-state index contributed by atoms with van der Waals surface area (Å²) < 4.78 is 7.77. The van der Waals surface area contributed by atoms with Gasteiger partial charge in [-0.05, 0) is 42.8 Å². The van der Waals surface area contributed by atoms with Crippen LogP contribution in [0.2, 0.25) is 0 Å². The number of nitrogens with zero attached hydrogens (tertiary/aromatic N) is 1. The molecule has 3 N–H and O–H groups in total. The second-order valence-electron chi connectivity index (χ2n) is 7.23. The zero-order valence-corrected chi connectivity index (χ0v) is 15.3. The maximum absolute atomic E-state index is 7.04. The van der Waals surface area contributed by atoms with Gasteiger partial charge in [0.25, 0.3) is 0 Å². The van der Waals surface area contributed by atoms with E-state index in [1.807, 2.05) is 12.1 Å². The Morgan fingerprint density at radius 3 is 2.81 bits per heavy atom. The highest BCUT2D eigenvalue weighted by molar-refractivity contribution is 5.80. The molecule has 4 nitrogen and oxygen atoms in total. The summed E-state index contributed by atoms with van der Waals surface area (Å²) in [7, 11) is 1.72.